The highest BCUT2D eigenvalue weighted by Gasteiger charge is 2.24. The molecule has 24 heavy (non-hydrogen) atoms. The minimum atomic E-state index is -0.591. The number of nitrogens with two attached hydrogens (primary N) is 2. The monoisotopic (exact) mass is 330 g/mol. The van der Waals surface area contributed by atoms with Crippen molar-refractivity contribution in [1.29, 1.82) is 5.26 Å². The number of benzene rings is 1. The van der Waals surface area contributed by atoms with Gasteiger partial charge in [-0.15, -0.1) is 9.81 Å². The smallest absolute Gasteiger partial charge is 0.268 e. The molecule has 10 nitrogen and oxygen atoms in total. The Morgan fingerprint density at radius 1 is 1.33 bits per heavy atom. The second-order valence-corrected chi connectivity index (χ2v) is 4.98. The third-order valence-electron chi connectivity index (χ3n) is 3.47. The lowest BCUT2D eigenvalue weighted by Crippen LogP contribution is -2.39. The van der Waals surface area contributed by atoms with Gasteiger partial charge in [0.2, 0.25) is 0 Å². The number of carbonyl (C=O) groups excluding carboxylic acids is 1. The summed E-state index contributed by atoms with van der Waals surface area (Å²) >= 11 is 0. The molecule has 2 rings (SSSR count). The fourth-order valence-electron chi connectivity index (χ4n) is 2.25. The van der Waals surface area contributed by atoms with Crippen molar-refractivity contribution in [1.82, 2.24) is 4.90 Å². The number of rotatable bonds is 4. The topological polar surface area (TPSA) is 164 Å². The molecular weight excluding hydrogens is 316 g/mol. The van der Waals surface area contributed by atoms with E-state index in [0.717, 1.165) is 6.07 Å². The first-order valence-electron chi connectivity index (χ1n) is 6.91. The molecule has 1 saturated heterocycles. The van der Waals surface area contributed by atoms with Gasteiger partial charge in [0.25, 0.3) is 5.91 Å². The van der Waals surface area contributed by atoms with Crippen molar-refractivity contribution in [2.75, 3.05) is 25.6 Å². The Balaban J connectivity index is 2.48. The Morgan fingerprint density at radius 2 is 2.08 bits per heavy atom. The average molecular weight is 330 g/mol. The molecule has 0 radical (unpaired) electrons. The predicted octanol–water partition coefficient (Wildman–Crippen LogP) is 1.46. The van der Waals surface area contributed by atoms with Gasteiger partial charge in [0.15, 0.2) is 5.69 Å². The van der Waals surface area contributed by atoms with Crippen molar-refractivity contribution < 1.29 is 9.53 Å². The van der Waals surface area contributed by atoms with Crippen LogP contribution < -0.4 is 11.5 Å². The number of amides is 1. The molecule has 0 bridgehead atoms. The molecule has 1 aromatic carbocycles. The molecule has 0 aliphatic carbocycles. The molecule has 1 aliphatic rings. The summed E-state index contributed by atoms with van der Waals surface area (Å²) in [4.78, 5) is 35.3. The van der Waals surface area contributed by atoms with E-state index in [-0.39, 0.29) is 40.6 Å². The first-order chi connectivity index (χ1) is 11.5. The third-order valence-corrected chi connectivity index (χ3v) is 3.47. The van der Waals surface area contributed by atoms with Crippen LogP contribution in [0.15, 0.2) is 28.1 Å². The maximum atomic E-state index is 12.4. The van der Waals surface area contributed by atoms with E-state index >= 15 is 0 Å². The maximum absolute atomic E-state index is 12.4. The van der Waals surface area contributed by atoms with Gasteiger partial charge in [-0.1, -0.05) is 0 Å². The zero-order valence-corrected chi connectivity index (χ0v) is 12.6. The summed E-state index contributed by atoms with van der Waals surface area (Å²) in [6.07, 6.45) is 0.649. The van der Waals surface area contributed by atoms with Crippen LogP contribution in [0, 0.1) is 21.1 Å². The van der Waals surface area contributed by atoms with Gasteiger partial charge in [-0.25, -0.2) is 0 Å². The molecule has 1 aromatic rings. The Hall–Kier alpha value is -3.32. The number of ether oxygens (including phenoxy) is 1. The third kappa shape index (κ3) is 3.21. The molecule has 10 heteroatoms. The zero-order chi connectivity index (χ0) is 17.7. The highest BCUT2D eigenvalue weighted by Crippen LogP contribution is 2.36. The van der Waals surface area contributed by atoms with Crippen LogP contribution in [0.1, 0.15) is 12.0 Å². The molecule has 0 saturated carbocycles. The fraction of sp³-hybridized carbons (Fsp3) is 0.286. The summed E-state index contributed by atoms with van der Waals surface area (Å²) in [5.74, 6) is -0.591. The Kier molecular flexibility index (Phi) is 5.18. The molecule has 0 aromatic heterocycles. The molecule has 0 atom stereocenters. The number of nitrogens with zero attached hydrogens (tertiary/aromatic N) is 4. The second-order valence-electron chi connectivity index (χ2n) is 4.98. The van der Waals surface area contributed by atoms with E-state index in [0.29, 0.717) is 19.6 Å². The van der Waals surface area contributed by atoms with E-state index in [9.17, 15) is 19.9 Å². The van der Waals surface area contributed by atoms with Crippen molar-refractivity contribution in [3.63, 3.8) is 0 Å². The SMILES string of the molecule is N#C/C(C(=O)N1CCCOC1)=C(/N)c1cc(N)c(N=O)c(N=O)c1. The summed E-state index contributed by atoms with van der Waals surface area (Å²) in [5.41, 5.74) is 10.4. The van der Waals surface area contributed by atoms with Crippen LogP contribution in [0.25, 0.3) is 5.70 Å². The van der Waals surface area contributed by atoms with Gasteiger partial charge in [-0.05, 0) is 28.9 Å². The lowest BCUT2D eigenvalue weighted by Gasteiger charge is -2.26. The van der Waals surface area contributed by atoms with Gasteiger partial charge in [0.05, 0.1) is 18.0 Å². The van der Waals surface area contributed by atoms with E-state index in [4.69, 9.17) is 16.2 Å². The van der Waals surface area contributed by atoms with Crippen LogP contribution in [0.4, 0.5) is 17.1 Å². The summed E-state index contributed by atoms with van der Waals surface area (Å²) in [5, 5.41) is 14.6. The standard InChI is InChI=1S/C14H14N6O4/c15-6-9(14(21)20-2-1-3-24-7-20)12(17)8-4-10(16)13(19-23)11(5-8)18-22/h4-5H,1-3,7,16-17H2/b12-9-. The molecule has 1 fully saturated rings. The van der Waals surface area contributed by atoms with Crippen LogP contribution in [-0.2, 0) is 9.53 Å². The van der Waals surface area contributed by atoms with Gasteiger partial charge in [0.1, 0.15) is 24.1 Å². The summed E-state index contributed by atoms with van der Waals surface area (Å²) < 4.78 is 5.18. The molecule has 4 N–H and O–H groups in total. The predicted molar refractivity (Wildman–Crippen MR) is 85.6 cm³/mol. The van der Waals surface area contributed by atoms with Gasteiger partial charge in [0, 0.05) is 12.1 Å². The first kappa shape index (κ1) is 17.0. The van der Waals surface area contributed by atoms with Gasteiger partial charge >= 0.3 is 0 Å². The minimum Gasteiger partial charge on any atom is -0.397 e. The zero-order valence-electron chi connectivity index (χ0n) is 12.6. The van der Waals surface area contributed by atoms with E-state index in [1.165, 1.54) is 11.0 Å². The maximum Gasteiger partial charge on any atom is 0.268 e. The van der Waals surface area contributed by atoms with Crippen LogP contribution in [0.2, 0.25) is 0 Å². The van der Waals surface area contributed by atoms with E-state index in [1.54, 1.807) is 6.07 Å². The van der Waals surface area contributed by atoms with Crippen molar-refractivity contribution in [3.8, 4) is 6.07 Å². The molecule has 0 spiro atoms. The molecule has 0 unspecified atom stereocenters. The fourth-order valence-corrected chi connectivity index (χ4v) is 2.25. The Labute approximate surface area is 136 Å². The highest BCUT2D eigenvalue weighted by molar-refractivity contribution is 6.04. The summed E-state index contributed by atoms with van der Waals surface area (Å²) in [7, 11) is 0. The number of hydrogen-bond donors (Lipinski definition) is 2. The normalized spacial score (nSPS) is 15.2. The van der Waals surface area contributed by atoms with Crippen LogP contribution >= 0.6 is 0 Å². The Bertz CT molecular complexity index is 761. The van der Waals surface area contributed by atoms with Crippen molar-refractivity contribution in [2.45, 2.75) is 6.42 Å². The summed E-state index contributed by atoms with van der Waals surface area (Å²) in [6, 6.07) is 4.15. The van der Waals surface area contributed by atoms with E-state index in [2.05, 4.69) is 10.4 Å². The van der Waals surface area contributed by atoms with Crippen molar-refractivity contribution >= 4 is 28.7 Å². The van der Waals surface area contributed by atoms with Crippen LogP contribution in [0.5, 0.6) is 0 Å². The second kappa shape index (κ2) is 7.30. The number of nitriles is 1. The number of nitroso groups, excluding NO2 is 2. The highest BCUT2D eigenvalue weighted by atomic mass is 16.5. The number of hydrogen-bond acceptors (Lipinski definition) is 9. The average Bonchev–Trinajstić information content (AvgIpc) is 2.61. The Morgan fingerprint density at radius 3 is 2.62 bits per heavy atom. The number of nitrogen functional groups attached to an aromatic ring is 1. The first-order valence-corrected chi connectivity index (χ1v) is 6.91. The van der Waals surface area contributed by atoms with E-state index < -0.39 is 5.91 Å². The molecule has 1 heterocycles. The van der Waals surface area contributed by atoms with Gasteiger partial charge < -0.3 is 21.1 Å². The molecule has 124 valence electrons. The molecule has 1 amide bonds. The van der Waals surface area contributed by atoms with Crippen LogP contribution in [0.3, 0.4) is 0 Å². The van der Waals surface area contributed by atoms with Gasteiger partial charge in [-0.2, -0.15) is 5.26 Å². The van der Waals surface area contributed by atoms with E-state index in [1.807, 2.05) is 0 Å². The quantitative estimate of drug-likeness (QED) is 0.365. The largest absolute Gasteiger partial charge is 0.397 e. The van der Waals surface area contributed by atoms with Gasteiger partial charge in [-0.3, -0.25) is 4.79 Å². The van der Waals surface area contributed by atoms with Crippen molar-refractivity contribution in [2.24, 2.45) is 16.1 Å². The lowest BCUT2D eigenvalue weighted by atomic mass is 10.0. The summed E-state index contributed by atoms with van der Waals surface area (Å²) in [6.45, 7) is 1.04. The minimum absolute atomic E-state index is 0.0641. The number of anilines is 1. The van der Waals surface area contributed by atoms with Crippen LogP contribution in [-0.4, -0.2) is 30.7 Å². The van der Waals surface area contributed by atoms with Crippen molar-refractivity contribution in [3.05, 3.63) is 33.1 Å². The number of carbonyl (C=O) groups is 1. The lowest BCUT2D eigenvalue weighted by molar-refractivity contribution is -0.135. The molecular formula is C14H14N6O4. The molecule has 1 aliphatic heterocycles.